The lowest BCUT2D eigenvalue weighted by molar-refractivity contribution is -0.0258. The standard InChI is InChI=1S/C23H23ClN2O4S/c1-26(30-2)31(28,29)21-10-6-9-19(16-21)23(27)25-22(18-7-4-3-5-8-18)15-17-11-13-20(24)14-12-17/h3-14,16,22H,15H2,1-2H3,(H,25,27). The number of sulfonamides is 1. The summed E-state index contributed by atoms with van der Waals surface area (Å²) in [5.41, 5.74) is 2.19. The zero-order chi connectivity index (χ0) is 22.4. The third-order valence-corrected chi connectivity index (χ3v) is 6.78. The van der Waals surface area contributed by atoms with E-state index < -0.39 is 10.0 Å². The Kier molecular flexibility index (Phi) is 7.46. The summed E-state index contributed by atoms with van der Waals surface area (Å²) < 4.78 is 25.8. The maximum absolute atomic E-state index is 13.0. The Hall–Kier alpha value is -2.71. The topological polar surface area (TPSA) is 75.7 Å². The van der Waals surface area contributed by atoms with Gasteiger partial charge in [-0.2, -0.15) is 0 Å². The number of nitrogens with zero attached hydrogens (tertiary/aromatic N) is 1. The van der Waals surface area contributed by atoms with E-state index in [4.69, 9.17) is 16.4 Å². The van der Waals surface area contributed by atoms with Crippen molar-refractivity contribution < 1.29 is 18.0 Å². The quantitative estimate of drug-likeness (QED) is 0.512. The highest BCUT2D eigenvalue weighted by molar-refractivity contribution is 7.89. The molecule has 162 valence electrons. The van der Waals surface area contributed by atoms with Crippen LogP contribution in [-0.2, 0) is 21.3 Å². The first kappa shape index (κ1) is 23.0. The summed E-state index contributed by atoms with van der Waals surface area (Å²) in [7, 11) is -1.31. The average Bonchev–Trinajstić information content (AvgIpc) is 2.80. The van der Waals surface area contributed by atoms with Gasteiger partial charge >= 0.3 is 0 Å². The van der Waals surface area contributed by atoms with Gasteiger partial charge in [-0.3, -0.25) is 9.63 Å². The lowest BCUT2D eigenvalue weighted by Gasteiger charge is -2.20. The van der Waals surface area contributed by atoms with E-state index in [-0.39, 0.29) is 22.4 Å². The number of hydrogen-bond acceptors (Lipinski definition) is 4. The first-order chi connectivity index (χ1) is 14.8. The second kappa shape index (κ2) is 10.1. The molecule has 0 aliphatic heterocycles. The summed E-state index contributed by atoms with van der Waals surface area (Å²) in [5, 5.41) is 3.66. The molecule has 31 heavy (non-hydrogen) atoms. The Labute approximate surface area is 187 Å². The minimum Gasteiger partial charge on any atom is -0.345 e. The second-order valence-electron chi connectivity index (χ2n) is 6.89. The molecule has 6 nitrogen and oxygen atoms in total. The van der Waals surface area contributed by atoms with E-state index >= 15 is 0 Å². The third-order valence-electron chi connectivity index (χ3n) is 4.85. The second-order valence-corrected chi connectivity index (χ2v) is 9.26. The molecule has 1 atom stereocenters. The molecule has 0 heterocycles. The van der Waals surface area contributed by atoms with Crippen molar-refractivity contribution in [2.75, 3.05) is 14.2 Å². The van der Waals surface area contributed by atoms with Gasteiger partial charge in [-0.25, -0.2) is 8.42 Å². The number of carbonyl (C=O) groups excluding carboxylic acids is 1. The van der Waals surface area contributed by atoms with Crippen LogP contribution in [0, 0.1) is 0 Å². The van der Waals surface area contributed by atoms with Crippen LogP contribution in [0.5, 0.6) is 0 Å². The smallest absolute Gasteiger partial charge is 0.264 e. The van der Waals surface area contributed by atoms with Gasteiger partial charge in [-0.1, -0.05) is 64.6 Å². The summed E-state index contributed by atoms with van der Waals surface area (Å²) in [5.74, 6) is -0.375. The van der Waals surface area contributed by atoms with E-state index in [0.29, 0.717) is 11.4 Å². The normalized spacial score (nSPS) is 12.5. The molecule has 0 aromatic heterocycles. The van der Waals surface area contributed by atoms with Crippen molar-refractivity contribution in [3.05, 3.63) is 101 Å². The molecular weight excluding hydrogens is 436 g/mol. The van der Waals surface area contributed by atoms with Gasteiger partial charge in [0.2, 0.25) is 0 Å². The van der Waals surface area contributed by atoms with E-state index in [1.54, 1.807) is 18.2 Å². The van der Waals surface area contributed by atoms with Gasteiger partial charge in [0.15, 0.2) is 0 Å². The Morgan fingerprint density at radius 2 is 1.71 bits per heavy atom. The minimum atomic E-state index is -3.86. The Morgan fingerprint density at radius 3 is 2.35 bits per heavy atom. The molecule has 3 aromatic carbocycles. The minimum absolute atomic E-state index is 0.0292. The van der Waals surface area contributed by atoms with Gasteiger partial charge in [0, 0.05) is 17.6 Å². The first-order valence-electron chi connectivity index (χ1n) is 9.54. The number of hydrogen-bond donors (Lipinski definition) is 1. The largest absolute Gasteiger partial charge is 0.345 e. The van der Waals surface area contributed by atoms with Gasteiger partial charge in [0.1, 0.15) is 0 Å². The fraction of sp³-hybridized carbons (Fsp3) is 0.174. The maximum atomic E-state index is 13.0. The number of rotatable bonds is 8. The van der Waals surface area contributed by atoms with Crippen LogP contribution in [0.4, 0.5) is 0 Å². The van der Waals surface area contributed by atoms with Crippen LogP contribution in [0.15, 0.2) is 83.8 Å². The van der Waals surface area contributed by atoms with Gasteiger partial charge in [0.25, 0.3) is 15.9 Å². The molecule has 3 rings (SSSR count). The number of benzene rings is 3. The van der Waals surface area contributed by atoms with Crippen LogP contribution in [0.25, 0.3) is 0 Å². The summed E-state index contributed by atoms with van der Waals surface area (Å²) in [6, 6.07) is 22.6. The van der Waals surface area contributed by atoms with Crippen LogP contribution in [-0.4, -0.2) is 33.0 Å². The Balaban J connectivity index is 1.87. The summed E-state index contributed by atoms with van der Waals surface area (Å²) >= 11 is 5.98. The van der Waals surface area contributed by atoms with Crippen LogP contribution >= 0.6 is 11.6 Å². The van der Waals surface area contributed by atoms with Gasteiger partial charge < -0.3 is 5.32 Å². The van der Waals surface area contributed by atoms with Crippen molar-refractivity contribution in [2.45, 2.75) is 17.4 Å². The van der Waals surface area contributed by atoms with Crippen molar-refractivity contribution >= 4 is 27.5 Å². The molecule has 0 saturated carbocycles. The fourth-order valence-electron chi connectivity index (χ4n) is 3.08. The zero-order valence-corrected chi connectivity index (χ0v) is 18.7. The molecule has 1 N–H and O–H groups in total. The summed E-state index contributed by atoms with van der Waals surface area (Å²) in [6.45, 7) is 0. The van der Waals surface area contributed by atoms with Crippen LogP contribution in [0.3, 0.4) is 0 Å². The van der Waals surface area contributed by atoms with Crippen molar-refractivity contribution in [3.63, 3.8) is 0 Å². The van der Waals surface area contributed by atoms with Gasteiger partial charge in [-0.05, 0) is 47.9 Å². The molecule has 0 bridgehead atoms. The highest BCUT2D eigenvalue weighted by Crippen LogP contribution is 2.22. The predicted octanol–water partition coefficient (Wildman–Crippen LogP) is 4.24. The Morgan fingerprint density at radius 1 is 1.03 bits per heavy atom. The molecule has 0 aliphatic carbocycles. The number of carbonyl (C=O) groups is 1. The van der Waals surface area contributed by atoms with E-state index in [9.17, 15) is 13.2 Å². The number of hydroxylamine groups is 1. The number of nitrogens with one attached hydrogen (secondary N) is 1. The molecule has 1 unspecified atom stereocenters. The highest BCUT2D eigenvalue weighted by atomic mass is 35.5. The van der Waals surface area contributed by atoms with E-state index in [0.717, 1.165) is 15.6 Å². The van der Waals surface area contributed by atoms with Gasteiger partial charge in [-0.15, -0.1) is 0 Å². The zero-order valence-electron chi connectivity index (χ0n) is 17.2. The third kappa shape index (κ3) is 5.71. The van der Waals surface area contributed by atoms with E-state index in [1.165, 1.54) is 32.4 Å². The van der Waals surface area contributed by atoms with Crippen molar-refractivity contribution in [3.8, 4) is 0 Å². The van der Waals surface area contributed by atoms with Crippen LogP contribution < -0.4 is 5.32 Å². The van der Waals surface area contributed by atoms with Crippen LogP contribution in [0.1, 0.15) is 27.5 Å². The molecule has 3 aromatic rings. The van der Waals surface area contributed by atoms with Crippen LogP contribution in [0.2, 0.25) is 5.02 Å². The number of amides is 1. The van der Waals surface area contributed by atoms with Crippen molar-refractivity contribution in [1.29, 1.82) is 0 Å². The average molecular weight is 459 g/mol. The summed E-state index contributed by atoms with van der Waals surface area (Å²) in [4.78, 5) is 17.8. The fourth-order valence-corrected chi connectivity index (χ4v) is 4.23. The molecule has 1 amide bonds. The SMILES string of the molecule is CON(C)S(=O)(=O)c1cccc(C(=O)NC(Cc2ccc(Cl)cc2)c2ccccc2)c1. The maximum Gasteiger partial charge on any atom is 0.264 e. The Bertz CT molecular complexity index is 1140. The lowest BCUT2D eigenvalue weighted by Crippen LogP contribution is -2.30. The first-order valence-corrected chi connectivity index (χ1v) is 11.4. The van der Waals surface area contributed by atoms with E-state index in [1.807, 2.05) is 42.5 Å². The lowest BCUT2D eigenvalue weighted by atomic mass is 9.98. The van der Waals surface area contributed by atoms with E-state index in [2.05, 4.69) is 5.32 Å². The van der Waals surface area contributed by atoms with Crippen molar-refractivity contribution in [2.24, 2.45) is 0 Å². The van der Waals surface area contributed by atoms with Gasteiger partial charge in [0.05, 0.1) is 18.0 Å². The summed E-state index contributed by atoms with van der Waals surface area (Å²) in [6.07, 6.45) is 0.553. The molecule has 8 heteroatoms. The molecule has 0 spiro atoms. The molecular formula is C23H23ClN2O4S. The van der Waals surface area contributed by atoms with Crippen molar-refractivity contribution in [1.82, 2.24) is 9.79 Å². The molecule has 0 aliphatic rings. The highest BCUT2D eigenvalue weighted by Gasteiger charge is 2.23. The number of halogens is 1. The predicted molar refractivity (Wildman–Crippen MR) is 120 cm³/mol. The molecule has 0 radical (unpaired) electrons. The molecule has 0 fully saturated rings. The monoisotopic (exact) mass is 458 g/mol. The molecule has 0 saturated heterocycles.